The van der Waals surface area contributed by atoms with Crippen LogP contribution in [0, 0.1) is 0 Å². The van der Waals surface area contributed by atoms with Gasteiger partial charge in [-0.3, -0.25) is 9.89 Å². The minimum Gasteiger partial charge on any atom is -0.497 e. The van der Waals surface area contributed by atoms with Gasteiger partial charge in [0.2, 0.25) is 0 Å². The molecule has 0 saturated heterocycles. The van der Waals surface area contributed by atoms with Crippen molar-refractivity contribution >= 4 is 5.91 Å². The maximum Gasteiger partial charge on any atom is 0.253 e. The SMILES string of the molecule is COc1cccc(CNC(=O)c2ccc(-c3cn[nH]c3)nc2-c2ncc[nH]2)c1. The number of aromatic nitrogens is 5. The number of carbonyl (C=O) groups excluding carboxylic acids is 1. The maximum absolute atomic E-state index is 12.8. The smallest absolute Gasteiger partial charge is 0.253 e. The number of pyridine rings is 1. The Labute approximate surface area is 161 Å². The van der Waals surface area contributed by atoms with Crippen molar-refractivity contribution in [3.05, 3.63) is 72.3 Å². The molecule has 0 bridgehead atoms. The molecule has 3 heterocycles. The molecular formula is C20H18N6O2. The number of rotatable bonds is 6. The fraction of sp³-hybridized carbons (Fsp3) is 0.100. The molecule has 140 valence electrons. The third-order valence-corrected chi connectivity index (χ3v) is 4.24. The van der Waals surface area contributed by atoms with Gasteiger partial charge in [0, 0.05) is 30.7 Å². The average molecular weight is 374 g/mol. The van der Waals surface area contributed by atoms with Crippen molar-refractivity contribution in [3.8, 4) is 28.5 Å². The summed E-state index contributed by atoms with van der Waals surface area (Å²) in [6, 6.07) is 11.1. The van der Waals surface area contributed by atoms with E-state index in [1.54, 1.807) is 44.0 Å². The Hall–Kier alpha value is -3.94. The van der Waals surface area contributed by atoms with Gasteiger partial charge in [0.05, 0.1) is 24.6 Å². The molecule has 0 saturated carbocycles. The first kappa shape index (κ1) is 17.5. The number of benzene rings is 1. The summed E-state index contributed by atoms with van der Waals surface area (Å²) in [6.07, 6.45) is 6.74. The van der Waals surface area contributed by atoms with Gasteiger partial charge in [0.1, 0.15) is 11.4 Å². The summed E-state index contributed by atoms with van der Waals surface area (Å²) in [6.45, 7) is 0.372. The van der Waals surface area contributed by atoms with Gasteiger partial charge in [0.15, 0.2) is 5.82 Å². The van der Waals surface area contributed by atoms with Crippen molar-refractivity contribution < 1.29 is 9.53 Å². The Morgan fingerprint density at radius 3 is 2.93 bits per heavy atom. The highest BCUT2D eigenvalue weighted by atomic mass is 16.5. The Bertz CT molecular complexity index is 1070. The first-order valence-corrected chi connectivity index (χ1v) is 8.65. The number of imidazole rings is 1. The van der Waals surface area contributed by atoms with Crippen LogP contribution in [0.15, 0.2) is 61.2 Å². The second-order valence-electron chi connectivity index (χ2n) is 6.05. The average Bonchev–Trinajstić information content (AvgIpc) is 3.46. The third-order valence-electron chi connectivity index (χ3n) is 4.24. The van der Waals surface area contributed by atoms with Crippen LogP contribution in [0.5, 0.6) is 5.75 Å². The highest BCUT2D eigenvalue weighted by molar-refractivity contribution is 5.99. The van der Waals surface area contributed by atoms with E-state index in [-0.39, 0.29) is 5.91 Å². The van der Waals surface area contributed by atoms with Crippen molar-refractivity contribution in [2.24, 2.45) is 0 Å². The summed E-state index contributed by atoms with van der Waals surface area (Å²) in [4.78, 5) is 24.7. The molecule has 0 aliphatic carbocycles. The highest BCUT2D eigenvalue weighted by Gasteiger charge is 2.17. The summed E-state index contributed by atoms with van der Waals surface area (Å²) < 4.78 is 5.22. The van der Waals surface area contributed by atoms with Crippen LogP contribution in [-0.4, -0.2) is 38.2 Å². The molecule has 8 heteroatoms. The molecule has 1 amide bonds. The number of nitrogens with one attached hydrogen (secondary N) is 3. The molecule has 1 aromatic carbocycles. The van der Waals surface area contributed by atoms with Gasteiger partial charge in [-0.25, -0.2) is 9.97 Å². The number of carbonyl (C=O) groups is 1. The topological polar surface area (TPSA) is 109 Å². The monoisotopic (exact) mass is 374 g/mol. The van der Waals surface area contributed by atoms with Crippen LogP contribution in [0.1, 0.15) is 15.9 Å². The molecular weight excluding hydrogens is 356 g/mol. The van der Waals surface area contributed by atoms with Crippen LogP contribution in [0.25, 0.3) is 22.8 Å². The van der Waals surface area contributed by atoms with E-state index in [2.05, 4.69) is 30.5 Å². The number of aromatic amines is 2. The number of nitrogens with zero attached hydrogens (tertiary/aromatic N) is 3. The number of ether oxygens (including phenoxy) is 1. The van der Waals surface area contributed by atoms with E-state index in [0.717, 1.165) is 16.9 Å². The second-order valence-corrected chi connectivity index (χ2v) is 6.05. The Morgan fingerprint density at radius 1 is 1.25 bits per heavy atom. The minimum atomic E-state index is -0.236. The third kappa shape index (κ3) is 3.61. The van der Waals surface area contributed by atoms with E-state index in [0.29, 0.717) is 29.3 Å². The van der Waals surface area contributed by atoms with Gasteiger partial charge in [-0.05, 0) is 29.8 Å². The van der Waals surface area contributed by atoms with Crippen LogP contribution in [-0.2, 0) is 6.54 Å². The molecule has 0 spiro atoms. The van der Waals surface area contributed by atoms with Gasteiger partial charge >= 0.3 is 0 Å². The molecule has 0 atom stereocenters. The molecule has 0 fully saturated rings. The summed E-state index contributed by atoms with van der Waals surface area (Å²) in [5.41, 5.74) is 3.38. The lowest BCUT2D eigenvalue weighted by Crippen LogP contribution is -2.24. The van der Waals surface area contributed by atoms with Crippen LogP contribution >= 0.6 is 0 Å². The molecule has 0 aliphatic rings. The van der Waals surface area contributed by atoms with Crippen molar-refractivity contribution in [2.75, 3.05) is 7.11 Å². The van der Waals surface area contributed by atoms with Crippen LogP contribution in [0.2, 0.25) is 0 Å². The molecule has 4 rings (SSSR count). The predicted octanol–water partition coefficient (Wildman–Crippen LogP) is 2.80. The second kappa shape index (κ2) is 7.75. The number of methoxy groups -OCH3 is 1. The zero-order chi connectivity index (χ0) is 19.3. The van der Waals surface area contributed by atoms with Gasteiger partial charge in [0.25, 0.3) is 5.91 Å². The van der Waals surface area contributed by atoms with Crippen LogP contribution in [0.4, 0.5) is 0 Å². The van der Waals surface area contributed by atoms with Gasteiger partial charge in [-0.1, -0.05) is 12.1 Å². The number of hydrogen-bond acceptors (Lipinski definition) is 5. The number of H-pyrrole nitrogens is 2. The van der Waals surface area contributed by atoms with Gasteiger partial charge in [-0.15, -0.1) is 0 Å². The first-order valence-electron chi connectivity index (χ1n) is 8.65. The fourth-order valence-corrected chi connectivity index (χ4v) is 2.83. The van der Waals surface area contributed by atoms with Gasteiger partial charge < -0.3 is 15.0 Å². The van der Waals surface area contributed by atoms with Crippen LogP contribution in [0.3, 0.4) is 0 Å². The molecule has 28 heavy (non-hydrogen) atoms. The highest BCUT2D eigenvalue weighted by Crippen LogP contribution is 2.23. The summed E-state index contributed by atoms with van der Waals surface area (Å²) in [7, 11) is 1.61. The lowest BCUT2D eigenvalue weighted by Gasteiger charge is -2.10. The molecule has 3 aromatic heterocycles. The van der Waals surface area contributed by atoms with Crippen molar-refractivity contribution in [2.45, 2.75) is 6.54 Å². The maximum atomic E-state index is 12.8. The van der Waals surface area contributed by atoms with Crippen molar-refractivity contribution in [1.82, 2.24) is 30.5 Å². The molecule has 3 N–H and O–H groups in total. The van der Waals surface area contributed by atoms with Crippen molar-refractivity contribution in [1.29, 1.82) is 0 Å². The predicted molar refractivity (Wildman–Crippen MR) is 104 cm³/mol. The number of hydrogen-bond donors (Lipinski definition) is 3. The standard InChI is InChI=1S/C20H18N6O2/c1-28-15-4-2-3-13(9-15)10-23-20(27)16-5-6-17(14-11-24-25-12-14)26-18(16)19-21-7-8-22-19/h2-9,11-12H,10H2,1H3,(H,21,22)(H,23,27)(H,24,25). The minimum absolute atomic E-state index is 0.236. The molecule has 0 radical (unpaired) electrons. The lowest BCUT2D eigenvalue weighted by atomic mass is 10.1. The summed E-state index contributed by atoms with van der Waals surface area (Å²) in [5, 5.41) is 9.64. The zero-order valence-corrected chi connectivity index (χ0v) is 15.1. The molecule has 4 aromatic rings. The Kier molecular flexibility index (Phi) is 4.83. The number of amides is 1. The fourth-order valence-electron chi connectivity index (χ4n) is 2.83. The Balaban J connectivity index is 1.61. The van der Waals surface area contributed by atoms with Crippen LogP contribution < -0.4 is 10.1 Å². The van der Waals surface area contributed by atoms with E-state index in [9.17, 15) is 4.79 Å². The van der Waals surface area contributed by atoms with E-state index < -0.39 is 0 Å². The zero-order valence-electron chi connectivity index (χ0n) is 15.1. The van der Waals surface area contributed by atoms with E-state index in [4.69, 9.17) is 4.74 Å². The van der Waals surface area contributed by atoms with E-state index in [1.807, 2.05) is 24.3 Å². The molecule has 8 nitrogen and oxygen atoms in total. The molecule has 0 unspecified atom stereocenters. The normalized spacial score (nSPS) is 10.6. The lowest BCUT2D eigenvalue weighted by molar-refractivity contribution is 0.0951. The summed E-state index contributed by atoms with van der Waals surface area (Å²) >= 11 is 0. The Morgan fingerprint density at radius 2 is 2.18 bits per heavy atom. The van der Waals surface area contributed by atoms with Crippen molar-refractivity contribution in [3.63, 3.8) is 0 Å². The first-order chi connectivity index (χ1) is 13.7. The van der Waals surface area contributed by atoms with E-state index in [1.165, 1.54) is 0 Å². The summed E-state index contributed by atoms with van der Waals surface area (Å²) in [5.74, 6) is 1.03. The van der Waals surface area contributed by atoms with E-state index >= 15 is 0 Å². The quantitative estimate of drug-likeness (QED) is 0.481. The molecule has 0 aliphatic heterocycles. The largest absolute Gasteiger partial charge is 0.497 e. The van der Waals surface area contributed by atoms with Gasteiger partial charge in [-0.2, -0.15) is 5.10 Å².